The van der Waals surface area contributed by atoms with E-state index in [0.717, 1.165) is 24.8 Å². The molecule has 0 aliphatic carbocycles. The van der Waals surface area contributed by atoms with Crippen molar-refractivity contribution in [2.45, 2.75) is 46.1 Å². The Morgan fingerprint density at radius 2 is 1.95 bits per heavy atom. The molecule has 2 atom stereocenters. The van der Waals surface area contributed by atoms with Crippen molar-refractivity contribution in [3.05, 3.63) is 47.5 Å². The van der Waals surface area contributed by atoms with Crippen LogP contribution in [0.5, 0.6) is 0 Å². The highest BCUT2D eigenvalue weighted by molar-refractivity contribution is 5.34. The summed E-state index contributed by atoms with van der Waals surface area (Å²) in [5.41, 5.74) is 2.32. The average molecular weight is 256 g/mol. The van der Waals surface area contributed by atoms with Gasteiger partial charge in [-0.3, -0.25) is 0 Å². The molecule has 1 nitrogen and oxygen atoms in total. The maximum absolute atomic E-state index is 9.90. The predicted molar refractivity (Wildman–Crippen MR) is 81.8 cm³/mol. The van der Waals surface area contributed by atoms with Gasteiger partial charge < -0.3 is 5.11 Å². The molecule has 0 bridgehead atoms. The quantitative estimate of drug-likeness (QED) is 0.619. The molecule has 0 heterocycles. The van der Waals surface area contributed by atoms with Crippen LogP contribution < -0.4 is 0 Å². The highest BCUT2D eigenvalue weighted by atomic mass is 16.3. The molecule has 1 rings (SSSR count). The van der Waals surface area contributed by atoms with Crippen LogP contribution in [0.2, 0.25) is 0 Å². The van der Waals surface area contributed by atoms with E-state index in [4.69, 9.17) is 0 Å². The highest BCUT2D eigenvalue weighted by Crippen LogP contribution is 2.14. The normalized spacial score (nSPS) is 13.1. The van der Waals surface area contributed by atoms with Crippen molar-refractivity contribution in [2.75, 3.05) is 0 Å². The highest BCUT2D eigenvalue weighted by Gasteiger charge is 2.07. The first-order valence-corrected chi connectivity index (χ1v) is 6.96. The fraction of sp³-hybridized carbons (Fsp3) is 0.444. The Kier molecular flexibility index (Phi) is 7.00. The average Bonchev–Trinajstić information content (AvgIpc) is 2.37. The Balaban J connectivity index is 2.37. The summed E-state index contributed by atoms with van der Waals surface area (Å²) in [7, 11) is 0. The van der Waals surface area contributed by atoms with Gasteiger partial charge in [0.25, 0.3) is 0 Å². The minimum absolute atomic E-state index is 0.496. The van der Waals surface area contributed by atoms with Crippen LogP contribution >= 0.6 is 0 Å². The minimum Gasteiger partial charge on any atom is -0.380 e. The molecule has 0 fully saturated rings. The summed E-state index contributed by atoms with van der Waals surface area (Å²) < 4.78 is 0. The Bertz CT molecular complexity index is 444. The maximum atomic E-state index is 9.90. The molecule has 0 saturated carbocycles. The minimum atomic E-state index is -0.526. The molecule has 1 aromatic carbocycles. The lowest BCUT2D eigenvalue weighted by molar-refractivity contribution is 0.197. The smallest absolute Gasteiger partial charge is 0.115 e. The number of aliphatic hydroxyl groups is 1. The first kappa shape index (κ1) is 15.5. The van der Waals surface area contributed by atoms with Crippen LogP contribution in [0, 0.1) is 17.8 Å². The summed E-state index contributed by atoms with van der Waals surface area (Å²) >= 11 is 0. The lowest BCUT2D eigenvalue weighted by Crippen LogP contribution is -2.09. The van der Waals surface area contributed by atoms with E-state index < -0.39 is 6.10 Å². The lowest BCUT2D eigenvalue weighted by atomic mass is 9.98. The predicted octanol–water partition coefficient (Wildman–Crippen LogP) is 4.17. The molecule has 0 spiro atoms. The summed E-state index contributed by atoms with van der Waals surface area (Å²) in [4.78, 5) is 0. The number of hydrogen-bond acceptors (Lipinski definition) is 1. The Hall–Kier alpha value is -1.52. The van der Waals surface area contributed by atoms with E-state index in [-0.39, 0.29) is 0 Å². The van der Waals surface area contributed by atoms with E-state index in [0.29, 0.717) is 5.92 Å². The van der Waals surface area contributed by atoms with E-state index in [1.807, 2.05) is 30.3 Å². The second-order valence-corrected chi connectivity index (χ2v) is 5.35. The van der Waals surface area contributed by atoms with Gasteiger partial charge >= 0.3 is 0 Å². The summed E-state index contributed by atoms with van der Waals surface area (Å²) in [6, 6.07) is 9.79. The summed E-state index contributed by atoms with van der Waals surface area (Å²) in [6.07, 6.45) is 4.66. The second kappa shape index (κ2) is 8.56. The number of allylic oxidation sites excluding steroid dienone is 2. The van der Waals surface area contributed by atoms with E-state index in [2.05, 4.69) is 38.7 Å². The third kappa shape index (κ3) is 7.49. The Morgan fingerprint density at radius 1 is 1.26 bits per heavy atom. The standard InChI is InChI=1S/C18H24O/c1-15(2)8-7-9-16(3)14-18(19)13-12-17-10-5-4-6-11-17/h4-6,8,10-11,16,18-19H,7,9,14H2,1-3H3/t16-,18+/m0/s1. The van der Waals surface area contributed by atoms with Crippen LogP contribution in [0.15, 0.2) is 42.0 Å². The molecular weight excluding hydrogens is 232 g/mol. The van der Waals surface area contributed by atoms with E-state index >= 15 is 0 Å². The van der Waals surface area contributed by atoms with E-state index in [1.165, 1.54) is 5.57 Å². The van der Waals surface area contributed by atoms with Crippen LogP contribution in [0.4, 0.5) is 0 Å². The molecule has 0 amide bonds. The van der Waals surface area contributed by atoms with Gasteiger partial charge in [0.05, 0.1) is 0 Å². The fourth-order valence-corrected chi connectivity index (χ4v) is 1.90. The van der Waals surface area contributed by atoms with Crippen molar-refractivity contribution >= 4 is 0 Å². The largest absolute Gasteiger partial charge is 0.380 e. The monoisotopic (exact) mass is 256 g/mol. The van der Waals surface area contributed by atoms with Crippen molar-refractivity contribution < 1.29 is 5.11 Å². The summed E-state index contributed by atoms with van der Waals surface area (Å²) in [5.74, 6) is 6.43. The molecule has 102 valence electrons. The van der Waals surface area contributed by atoms with Gasteiger partial charge in [0.15, 0.2) is 0 Å². The summed E-state index contributed by atoms with van der Waals surface area (Å²) in [5, 5.41) is 9.90. The maximum Gasteiger partial charge on any atom is 0.115 e. The van der Waals surface area contributed by atoms with Crippen molar-refractivity contribution in [3.63, 3.8) is 0 Å². The zero-order valence-corrected chi connectivity index (χ0v) is 12.2. The van der Waals surface area contributed by atoms with Gasteiger partial charge in [-0.25, -0.2) is 0 Å². The molecule has 0 unspecified atom stereocenters. The number of aliphatic hydroxyl groups excluding tert-OH is 1. The lowest BCUT2D eigenvalue weighted by Gasteiger charge is -2.11. The van der Waals surface area contributed by atoms with Crippen LogP contribution in [0.3, 0.4) is 0 Å². The first-order valence-electron chi connectivity index (χ1n) is 6.96. The molecule has 1 aromatic rings. The number of benzene rings is 1. The third-order valence-electron chi connectivity index (χ3n) is 2.99. The van der Waals surface area contributed by atoms with Gasteiger partial charge in [-0.05, 0) is 51.2 Å². The first-order chi connectivity index (χ1) is 9.08. The van der Waals surface area contributed by atoms with Crippen molar-refractivity contribution in [3.8, 4) is 11.8 Å². The van der Waals surface area contributed by atoms with Gasteiger partial charge in [0, 0.05) is 5.56 Å². The fourth-order valence-electron chi connectivity index (χ4n) is 1.90. The number of hydrogen-bond donors (Lipinski definition) is 1. The van der Waals surface area contributed by atoms with Gasteiger partial charge in [-0.2, -0.15) is 0 Å². The van der Waals surface area contributed by atoms with Gasteiger partial charge in [0.1, 0.15) is 6.10 Å². The van der Waals surface area contributed by atoms with Crippen LogP contribution in [-0.4, -0.2) is 11.2 Å². The van der Waals surface area contributed by atoms with Crippen LogP contribution in [-0.2, 0) is 0 Å². The molecule has 1 heteroatoms. The number of rotatable bonds is 5. The molecule has 0 aliphatic rings. The van der Waals surface area contributed by atoms with E-state index in [1.54, 1.807) is 0 Å². The molecular formula is C18H24O. The van der Waals surface area contributed by atoms with Gasteiger partial charge in [0.2, 0.25) is 0 Å². The Labute approximate surface area is 117 Å². The SMILES string of the molecule is CC(C)=CCC[C@H](C)C[C@H](O)C#Cc1ccccc1. The van der Waals surface area contributed by atoms with Gasteiger partial charge in [-0.1, -0.05) is 48.6 Å². The molecule has 0 aliphatic heterocycles. The zero-order chi connectivity index (χ0) is 14.1. The van der Waals surface area contributed by atoms with Gasteiger partial charge in [-0.15, -0.1) is 0 Å². The molecule has 0 saturated heterocycles. The van der Waals surface area contributed by atoms with Crippen molar-refractivity contribution in [2.24, 2.45) is 5.92 Å². The third-order valence-corrected chi connectivity index (χ3v) is 2.99. The zero-order valence-electron chi connectivity index (χ0n) is 12.2. The second-order valence-electron chi connectivity index (χ2n) is 5.35. The molecule has 0 radical (unpaired) electrons. The van der Waals surface area contributed by atoms with Crippen LogP contribution in [0.25, 0.3) is 0 Å². The van der Waals surface area contributed by atoms with Crippen molar-refractivity contribution in [1.82, 2.24) is 0 Å². The van der Waals surface area contributed by atoms with E-state index in [9.17, 15) is 5.11 Å². The van der Waals surface area contributed by atoms with Crippen molar-refractivity contribution in [1.29, 1.82) is 0 Å². The van der Waals surface area contributed by atoms with Crippen LogP contribution in [0.1, 0.15) is 45.6 Å². The topological polar surface area (TPSA) is 20.2 Å². The molecule has 19 heavy (non-hydrogen) atoms. The molecule has 1 N–H and O–H groups in total. The molecule has 0 aromatic heterocycles. The Morgan fingerprint density at radius 3 is 2.58 bits per heavy atom. The summed E-state index contributed by atoms with van der Waals surface area (Å²) in [6.45, 7) is 6.40.